The predicted octanol–water partition coefficient (Wildman–Crippen LogP) is 2.09. The van der Waals surface area contributed by atoms with E-state index < -0.39 is 0 Å². The van der Waals surface area contributed by atoms with E-state index in [0.717, 1.165) is 30.1 Å². The van der Waals surface area contributed by atoms with Gasteiger partial charge in [0.05, 0.1) is 5.88 Å². The van der Waals surface area contributed by atoms with Crippen LogP contribution in [0, 0.1) is 29.6 Å². The zero-order valence-electron chi connectivity index (χ0n) is 7.00. The molecular weight excluding hydrogens is 172 g/mol. The molecule has 3 rings (SSSR count). The van der Waals surface area contributed by atoms with Crippen LogP contribution in [0.25, 0.3) is 0 Å². The molecule has 0 spiro atoms. The number of hydrogen-bond donors (Lipinski definition) is 0. The zero-order valence-corrected chi connectivity index (χ0v) is 7.76. The van der Waals surface area contributed by atoms with Crippen molar-refractivity contribution < 1.29 is 4.79 Å². The van der Waals surface area contributed by atoms with Gasteiger partial charge in [-0.2, -0.15) is 0 Å². The number of carbonyl (C=O) groups excluding carboxylic acids is 1. The van der Waals surface area contributed by atoms with E-state index in [1.807, 2.05) is 0 Å². The lowest BCUT2D eigenvalue weighted by molar-refractivity contribution is -0.122. The summed E-state index contributed by atoms with van der Waals surface area (Å²) in [6, 6.07) is 0. The van der Waals surface area contributed by atoms with Gasteiger partial charge in [0.1, 0.15) is 0 Å². The number of alkyl halides is 1. The van der Waals surface area contributed by atoms with Gasteiger partial charge in [0.2, 0.25) is 0 Å². The van der Waals surface area contributed by atoms with E-state index >= 15 is 0 Å². The van der Waals surface area contributed by atoms with Crippen molar-refractivity contribution in [2.75, 3.05) is 5.88 Å². The molecule has 0 radical (unpaired) electrons. The van der Waals surface area contributed by atoms with Crippen molar-refractivity contribution in [2.45, 2.75) is 19.3 Å². The summed E-state index contributed by atoms with van der Waals surface area (Å²) in [5.41, 5.74) is 0. The van der Waals surface area contributed by atoms with Gasteiger partial charge in [0.25, 0.3) is 0 Å². The van der Waals surface area contributed by atoms with Crippen LogP contribution in [-0.2, 0) is 4.79 Å². The molecule has 2 heteroatoms. The molecule has 0 saturated heterocycles. The minimum Gasteiger partial charge on any atom is -0.298 e. The van der Waals surface area contributed by atoms with Crippen molar-refractivity contribution >= 4 is 17.4 Å². The molecule has 5 unspecified atom stereocenters. The summed E-state index contributed by atoms with van der Waals surface area (Å²) in [6.45, 7) is 0. The Balaban J connectivity index is 1.80. The molecule has 3 aliphatic rings. The number of fused-ring (bicyclic) bond motifs is 5. The van der Waals surface area contributed by atoms with Gasteiger partial charge in [-0.15, -0.1) is 11.6 Å². The van der Waals surface area contributed by atoms with Gasteiger partial charge >= 0.3 is 0 Å². The SMILES string of the molecule is O=C(CCl)C1CC2CC1C1CC21. The number of rotatable bonds is 2. The van der Waals surface area contributed by atoms with Crippen LogP contribution in [0.4, 0.5) is 0 Å². The number of carbonyl (C=O) groups is 1. The maximum Gasteiger partial charge on any atom is 0.150 e. The minimum atomic E-state index is 0.241. The first-order chi connectivity index (χ1) is 5.81. The molecule has 5 atom stereocenters. The second kappa shape index (κ2) is 2.25. The van der Waals surface area contributed by atoms with Gasteiger partial charge in [0, 0.05) is 5.92 Å². The van der Waals surface area contributed by atoms with Crippen LogP contribution in [0.3, 0.4) is 0 Å². The molecule has 0 aromatic heterocycles. The summed E-state index contributed by atoms with van der Waals surface area (Å²) in [6.07, 6.45) is 3.92. The standard InChI is InChI=1S/C10H13ClO/c11-4-10(12)9-2-5-1-7(9)8-3-6(5)8/h5-9H,1-4H2. The first-order valence-electron chi connectivity index (χ1n) is 4.90. The summed E-state index contributed by atoms with van der Waals surface area (Å²) < 4.78 is 0. The summed E-state index contributed by atoms with van der Waals surface area (Å²) in [7, 11) is 0. The first kappa shape index (κ1) is 7.37. The van der Waals surface area contributed by atoms with E-state index in [4.69, 9.17) is 11.6 Å². The number of halogens is 1. The molecular formula is C10H13ClO. The van der Waals surface area contributed by atoms with Crippen LogP contribution >= 0.6 is 11.6 Å². The second-order valence-corrected chi connectivity index (χ2v) is 4.93. The maximum atomic E-state index is 11.4. The first-order valence-corrected chi connectivity index (χ1v) is 5.43. The second-order valence-electron chi connectivity index (χ2n) is 4.67. The average molecular weight is 185 g/mol. The summed E-state index contributed by atoms with van der Waals surface area (Å²) >= 11 is 5.58. The lowest BCUT2D eigenvalue weighted by Crippen LogP contribution is -2.23. The van der Waals surface area contributed by atoms with Gasteiger partial charge in [-0.3, -0.25) is 4.79 Å². The molecule has 0 amide bonds. The highest BCUT2D eigenvalue weighted by molar-refractivity contribution is 6.27. The Bertz CT molecular complexity index is 238. The van der Waals surface area contributed by atoms with E-state index in [1.165, 1.54) is 12.8 Å². The third kappa shape index (κ3) is 0.783. The topological polar surface area (TPSA) is 17.1 Å². The van der Waals surface area contributed by atoms with Crippen LogP contribution in [0.15, 0.2) is 0 Å². The van der Waals surface area contributed by atoms with Crippen LogP contribution in [0.5, 0.6) is 0 Å². The molecule has 0 aromatic rings. The molecule has 0 aromatic carbocycles. The summed E-state index contributed by atoms with van der Waals surface area (Å²) in [5, 5.41) is 0. The Morgan fingerprint density at radius 1 is 1.17 bits per heavy atom. The predicted molar refractivity (Wildman–Crippen MR) is 47.0 cm³/mol. The van der Waals surface area contributed by atoms with Crippen molar-refractivity contribution in [1.29, 1.82) is 0 Å². The Morgan fingerprint density at radius 3 is 2.58 bits per heavy atom. The minimum absolute atomic E-state index is 0.241. The quantitative estimate of drug-likeness (QED) is 0.601. The molecule has 1 nitrogen and oxygen atoms in total. The lowest BCUT2D eigenvalue weighted by Gasteiger charge is -2.18. The van der Waals surface area contributed by atoms with Gasteiger partial charge < -0.3 is 0 Å². The molecule has 3 saturated carbocycles. The van der Waals surface area contributed by atoms with Gasteiger partial charge in [-0.25, -0.2) is 0 Å². The van der Waals surface area contributed by atoms with E-state index in [-0.39, 0.29) is 5.88 Å². The van der Waals surface area contributed by atoms with Crippen molar-refractivity contribution in [3.63, 3.8) is 0 Å². The highest BCUT2D eigenvalue weighted by atomic mass is 35.5. The fourth-order valence-electron chi connectivity index (χ4n) is 3.67. The number of Topliss-reactive ketones (excluding diaryl/α,β-unsaturated/α-hetero) is 1. The Kier molecular flexibility index (Phi) is 1.39. The largest absolute Gasteiger partial charge is 0.298 e. The van der Waals surface area contributed by atoms with Crippen molar-refractivity contribution in [3.8, 4) is 0 Å². The van der Waals surface area contributed by atoms with Crippen LogP contribution in [0.1, 0.15) is 19.3 Å². The van der Waals surface area contributed by atoms with E-state index in [0.29, 0.717) is 11.7 Å². The molecule has 0 N–H and O–H groups in total. The molecule has 0 heterocycles. The van der Waals surface area contributed by atoms with E-state index in [1.54, 1.807) is 0 Å². The van der Waals surface area contributed by atoms with Gasteiger partial charge in [0.15, 0.2) is 5.78 Å². The Labute approximate surface area is 77.5 Å². The summed E-state index contributed by atoms with van der Waals surface area (Å²) in [4.78, 5) is 11.4. The zero-order chi connectivity index (χ0) is 8.29. The van der Waals surface area contributed by atoms with E-state index in [9.17, 15) is 4.79 Å². The Morgan fingerprint density at radius 2 is 2.00 bits per heavy atom. The fourth-order valence-corrected chi connectivity index (χ4v) is 3.87. The van der Waals surface area contributed by atoms with Crippen LogP contribution in [0.2, 0.25) is 0 Å². The smallest absolute Gasteiger partial charge is 0.150 e. The van der Waals surface area contributed by atoms with E-state index in [2.05, 4.69) is 0 Å². The lowest BCUT2D eigenvalue weighted by atomic mass is 9.86. The van der Waals surface area contributed by atoms with Crippen molar-refractivity contribution in [3.05, 3.63) is 0 Å². The van der Waals surface area contributed by atoms with Gasteiger partial charge in [-0.1, -0.05) is 0 Å². The monoisotopic (exact) mass is 184 g/mol. The highest BCUT2D eigenvalue weighted by Gasteiger charge is 2.61. The molecule has 2 bridgehead atoms. The third-order valence-corrected chi connectivity index (χ3v) is 4.50. The van der Waals surface area contributed by atoms with Crippen molar-refractivity contribution in [2.24, 2.45) is 29.6 Å². The van der Waals surface area contributed by atoms with Crippen molar-refractivity contribution in [1.82, 2.24) is 0 Å². The molecule has 3 aliphatic carbocycles. The average Bonchev–Trinajstić information content (AvgIpc) is 2.71. The molecule has 12 heavy (non-hydrogen) atoms. The van der Waals surface area contributed by atoms with Gasteiger partial charge in [-0.05, 0) is 42.9 Å². The fraction of sp³-hybridized carbons (Fsp3) is 0.900. The summed E-state index contributed by atoms with van der Waals surface area (Å²) in [5.74, 6) is 4.51. The number of hydrogen-bond acceptors (Lipinski definition) is 1. The molecule has 66 valence electrons. The normalized spacial score (nSPS) is 53.9. The third-order valence-electron chi connectivity index (χ3n) is 4.24. The molecule has 3 fully saturated rings. The highest BCUT2D eigenvalue weighted by Crippen LogP contribution is 2.67. The van der Waals surface area contributed by atoms with Crippen LogP contribution < -0.4 is 0 Å². The van der Waals surface area contributed by atoms with Crippen LogP contribution in [-0.4, -0.2) is 11.7 Å². The maximum absolute atomic E-state index is 11.4. The molecule has 0 aliphatic heterocycles. The Hall–Kier alpha value is -0.0400. The number of ketones is 1.